The largest absolute Gasteiger partial charge is 0.388 e. The first-order chi connectivity index (χ1) is 13.9. The molecule has 154 valence electrons. The number of amides is 1. The lowest BCUT2D eigenvalue weighted by molar-refractivity contribution is 0.0465. The van der Waals surface area contributed by atoms with Crippen LogP contribution in [0.3, 0.4) is 0 Å². The number of nitrogens with zero attached hydrogens (tertiary/aromatic N) is 3. The molecule has 1 atom stereocenters. The van der Waals surface area contributed by atoms with Gasteiger partial charge >= 0.3 is 0 Å². The molecule has 0 unspecified atom stereocenters. The van der Waals surface area contributed by atoms with Gasteiger partial charge in [0.25, 0.3) is 5.91 Å². The second-order valence-electron chi connectivity index (χ2n) is 8.48. The number of hydrogen-bond donors (Lipinski definition) is 1. The minimum absolute atomic E-state index is 0.106. The van der Waals surface area contributed by atoms with Crippen molar-refractivity contribution in [2.24, 2.45) is 11.8 Å². The molecule has 1 aromatic carbocycles. The molecule has 6 heteroatoms. The summed E-state index contributed by atoms with van der Waals surface area (Å²) in [4.78, 5) is 16.9. The van der Waals surface area contributed by atoms with Gasteiger partial charge in [-0.15, -0.1) is 11.3 Å². The van der Waals surface area contributed by atoms with Crippen LogP contribution in [0.1, 0.15) is 53.7 Å². The highest BCUT2D eigenvalue weighted by atomic mass is 32.1. The molecule has 5 nitrogen and oxygen atoms in total. The van der Waals surface area contributed by atoms with Crippen LogP contribution in [-0.4, -0.2) is 38.8 Å². The SMILES string of the molecule is Cc1nn(CC(C)C)c2sc(C(=O)N3CCC([C@@H](O)c4ccccc4)CC3)cc12. The minimum atomic E-state index is -0.456. The quantitative estimate of drug-likeness (QED) is 0.665. The number of likely N-dealkylation sites (tertiary alicyclic amines) is 1. The Kier molecular flexibility index (Phi) is 5.74. The molecule has 0 saturated carbocycles. The highest BCUT2D eigenvalue weighted by Crippen LogP contribution is 2.33. The van der Waals surface area contributed by atoms with Crippen molar-refractivity contribution in [2.45, 2.75) is 46.3 Å². The molecule has 3 aromatic rings. The zero-order valence-corrected chi connectivity index (χ0v) is 18.2. The van der Waals surface area contributed by atoms with Gasteiger partial charge in [-0.25, -0.2) is 0 Å². The Labute approximate surface area is 176 Å². The minimum Gasteiger partial charge on any atom is -0.388 e. The molecule has 4 rings (SSSR count). The number of carbonyl (C=O) groups excluding carboxylic acids is 1. The van der Waals surface area contributed by atoms with Gasteiger partial charge in [-0.3, -0.25) is 9.48 Å². The van der Waals surface area contributed by atoms with E-state index in [1.807, 2.05) is 52.9 Å². The number of rotatable bonds is 5. The first-order valence-electron chi connectivity index (χ1n) is 10.4. The molecule has 1 N–H and O–H groups in total. The van der Waals surface area contributed by atoms with Crippen molar-refractivity contribution in [3.05, 3.63) is 52.5 Å². The number of piperidine rings is 1. The zero-order chi connectivity index (χ0) is 20.5. The molecule has 29 heavy (non-hydrogen) atoms. The Hall–Kier alpha value is -2.18. The molecule has 1 amide bonds. The molecule has 2 aromatic heterocycles. The molecular formula is C23H29N3O2S. The molecule has 0 radical (unpaired) electrons. The van der Waals surface area contributed by atoms with Gasteiger partial charge in [0.1, 0.15) is 4.83 Å². The number of benzene rings is 1. The third kappa shape index (κ3) is 4.09. The van der Waals surface area contributed by atoms with Crippen molar-refractivity contribution >= 4 is 27.5 Å². The van der Waals surface area contributed by atoms with E-state index in [1.165, 1.54) is 0 Å². The van der Waals surface area contributed by atoms with E-state index in [0.29, 0.717) is 19.0 Å². The van der Waals surface area contributed by atoms with Crippen LogP contribution >= 0.6 is 11.3 Å². The van der Waals surface area contributed by atoms with E-state index in [0.717, 1.165) is 45.7 Å². The van der Waals surface area contributed by atoms with Gasteiger partial charge in [0.05, 0.1) is 16.7 Å². The molecule has 0 bridgehead atoms. The number of carbonyl (C=O) groups is 1. The molecule has 3 heterocycles. The predicted molar refractivity (Wildman–Crippen MR) is 117 cm³/mol. The zero-order valence-electron chi connectivity index (χ0n) is 17.3. The average molecular weight is 412 g/mol. The molecule has 1 fully saturated rings. The maximum Gasteiger partial charge on any atom is 0.264 e. The molecule has 0 aliphatic carbocycles. The van der Waals surface area contributed by atoms with Gasteiger partial charge in [0.15, 0.2) is 0 Å². The number of hydrogen-bond acceptors (Lipinski definition) is 4. The first-order valence-corrected chi connectivity index (χ1v) is 11.2. The van der Waals surface area contributed by atoms with Crippen molar-refractivity contribution < 1.29 is 9.90 Å². The second kappa shape index (κ2) is 8.28. The van der Waals surface area contributed by atoms with Crippen molar-refractivity contribution in [1.82, 2.24) is 14.7 Å². The fraction of sp³-hybridized carbons (Fsp3) is 0.478. The van der Waals surface area contributed by atoms with Gasteiger partial charge in [-0.2, -0.15) is 5.10 Å². The Morgan fingerprint density at radius 2 is 1.93 bits per heavy atom. The van der Waals surface area contributed by atoms with Crippen molar-refractivity contribution in [3.8, 4) is 0 Å². The van der Waals surface area contributed by atoms with Crippen LogP contribution in [0.4, 0.5) is 0 Å². The summed E-state index contributed by atoms with van der Waals surface area (Å²) in [5.41, 5.74) is 1.95. The van der Waals surface area contributed by atoms with Crippen molar-refractivity contribution in [1.29, 1.82) is 0 Å². The number of fused-ring (bicyclic) bond motifs is 1. The lowest BCUT2D eigenvalue weighted by Gasteiger charge is -2.34. The number of thiophene rings is 1. The van der Waals surface area contributed by atoms with E-state index in [1.54, 1.807) is 11.3 Å². The van der Waals surface area contributed by atoms with Crippen LogP contribution < -0.4 is 0 Å². The predicted octanol–water partition coefficient (Wildman–Crippen LogP) is 4.65. The Bertz CT molecular complexity index is 984. The van der Waals surface area contributed by atoms with E-state index in [-0.39, 0.29) is 11.8 Å². The van der Waals surface area contributed by atoms with Gasteiger partial charge in [0.2, 0.25) is 0 Å². The summed E-state index contributed by atoms with van der Waals surface area (Å²) in [5.74, 6) is 0.814. The fourth-order valence-corrected chi connectivity index (χ4v) is 5.32. The monoisotopic (exact) mass is 411 g/mol. The van der Waals surface area contributed by atoms with E-state index in [9.17, 15) is 9.90 Å². The summed E-state index contributed by atoms with van der Waals surface area (Å²) >= 11 is 1.55. The summed E-state index contributed by atoms with van der Waals surface area (Å²) in [6.07, 6.45) is 1.20. The van der Waals surface area contributed by atoms with Gasteiger partial charge < -0.3 is 10.0 Å². The molecule has 1 aliphatic rings. The molecular weight excluding hydrogens is 382 g/mol. The van der Waals surface area contributed by atoms with E-state index in [2.05, 4.69) is 18.9 Å². The van der Waals surface area contributed by atoms with Crippen LogP contribution in [0.5, 0.6) is 0 Å². The van der Waals surface area contributed by atoms with Crippen LogP contribution in [-0.2, 0) is 6.54 Å². The van der Waals surface area contributed by atoms with Gasteiger partial charge in [-0.1, -0.05) is 44.2 Å². The van der Waals surface area contributed by atoms with E-state index >= 15 is 0 Å². The second-order valence-corrected chi connectivity index (χ2v) is 9.51. The maximum absolute atomic E-state index is 13.1. The first kappa shape index (κ1) is 20.1. The standard InChI is InChI=1S/C23H29N3O2S/c1-15(2)14-26-23-19(16(3)24-26)13-20(29-23)22(28)25-11-9-18(10-12-25)21(27)17-7-5-4-6-8-17/h4-8,13,15,18,21,27H,9-12,14H2,1-3H3/t21-/m0/s1. The highest BCUT2D eigenvalue weighted by molar-refractivity contribution is 7.20. The van der Waals surface area contributed by atoms with Crippen LogP contribution in [0, 0.1) is 18.8 Å². The topological polar surface area (TPSA) is 58.4 Å². The van der Waals surface area contributed by atoms with Crippen molar-refractivity contribution in [2.75, 3.05) is 13.1 Å². The summed E-state index contributed by atoms with van der Waals surface area (Å²) in [5, 5.41) is 16.4. The third-order valence-electron chi connectivity index (χ3n) is 5.77. The molecule has 1 aliphatic heterocycles. The maximum atomic E-state index is 13.1. The molecule has 0 spiro atoms. The lowest BCUT2D eigenvalue weighted by Crippen LogP contribution is -2.39. The number of aliphatic hydroxyl groups is 1. The highest BCUT2D eigenvalue weighted by Gasteiger charge is 2.29. The van der Waals surface area contributed by atoms with Crippen LogP contribution in [0.25, 0.3) is 10.2 Å². The Morgan fingerprint density at radius 1 is 1.24 bits per heavy atom. The number of aryl methyl sites for hydroxylation is 1. The van der Waals surface area contributed by atoms with Crippen LogP contribution in [0.2, 0.25) is 0 Å². The van der Waals surface area contributed by atoms with Crippen LogP contribution in [0.15, 0.2) is 36.4 Å². The lowest BCUT2D eigenvalue weighted by atomic mass is 9.87. The third-order valence-corrected chi connectivity index (χ3v) is 6.91. The van der Waals surface area contributed by atoms with Gasteiger partial charge in [-0.05, 0) is 43.2 Å². The smallest absolute Gasteiger partial charge is 0.264 e. The summed E-state index contributed by atoms with van der Waals surface area (Å²) in [6, 6.07) is 11.8. The van der Waals surface area contributed by atoms with Crippen molar-refractivity contribution in [3.63, 3.8) is 0 Å². The summed E-state index contributed by atoms with van der Waals surface area (Å²) in [7, 11) is 0. The summed E-state index contributed by atoms with van der Waals surface area (Å²) < 4.78 is 2.04. The Balaban J connectivity index is 1.44. The number of aliphatic hydroxyl groups excluding tert-OH is 1. The fourth-order valence-electron chi connectivity index (χ4n) is 4.18. The van der Waals surface area contributed by atoms with E-state index < -0.39 is 6.10 Å². The van der Waals surface area contributed by atoms with E-state index in [4.69, 9.17) is 0 Å². The average Bonchev–Trinajstić information content (AvgIpc) is 3.29. The number of aromatic nitrogens is 2. The normalized spacial score (nSPS) is 16.7. The van der Waals surface area contributed by atoms with Gasteiger partial charge in [0, 0.05) is 25.0 Å². The summed E-state index contributed by atoms with van der Waals surface area (Å²) in [6.45, 7) is 8.61. The Morgan fingerprint density at radius 3 is 2.59 bits per heavy atom. The molecule has 1 saturated heterocycles.